The third-order valence-electron chi connectivity index (χ3n) is 2.29. The molecule has 80 valence electrons. The first-order chi connectivity index (χ1) is 6.12. The molecule has 0 unspecified atom stereocenters. The quantitative estimate of drug-likeness (QED) is 0.420. The molecule has 0 aromatic rings. The van der Waals surface area contributed by atoms with Crippen molar-refractivity contribution in [2.24, 2.45) is 0 Å². The first-order valence-corrected chi connectivity index (χ1v) is 14.0. The zero-order valence-electron chi connectivity index (χ0n) is 8.91. The average Bonchev–Trinajstić information content (AvgIpc) is 2.05. The fourth-order valence-corrected chi connectivity index (χ4v) is 7.91. The molecular formula is C10H22Cl2Ge. The van der Waals surface area contributed by atoms with Gasteiger partial charge in [0.1, 0.15) is 0 Å². The molecule has 0 aliphatic carbocycles. The van der Waals surface area contributed by atoms with Crippen molar-refractivity contribution in [2.75, 3.05) is 0 Å². The number of hydrogen-bond donors (Lipinski definition) is 0. The summed E-state index contributed by atoms with van der Waals surface area (Å²) in [5.74, 6) is 0. The van der Waals surface area contributed by atoms with E-state index in [0.29, 0.717) is 0 Å². The number of halogens is 2. The molecule has 0 radical (unpaired) electrons. The van der Waals surface area contributed by atoms with E-state index in [1.54, 1.807) is 0 Å². The van der Waals surface area contributed by atoms with Gasteiger partial charge >= 0.3 is 94.3 Å². The maximum absolute atomic E-state index is 6.36. The summed E-state index contributed by atoms with van der Waals surface area (Å²) in [4.78, 5) is 0. The van der Waals surface area contributed by atoms with E-state index in [2.05, 4.69) is 13.8 Å². The molecule has 0 aromatic heterocycles. The summed E-state index contributed by atoms with van der Waals surface area (Å²) in [6, 6.07) is 0. The molecule has 0 nitrogen and oxygen atoms in total. The fraction of sp³-hybridized carbons (Fsp3) is 1.00. The van der Waals surface area contributed by atoms with E-state index in [-0.39, 0.29) is 0 Å². The Labute approximate surface area is 94.1 Å². The predicted octanol–water partition coefficient (Wildman–Crippen LogP) is 5.29. The summed E-state index contributed by atoms with van der Waals surface area (Å²) < 4.78 is 0. The molecule has 0 atom stereocenters. The van der Waals surface area contributed by atoms with Gasteiger partial charge in [0, 0.05) is 0 Å². The number of hydrogen-bond acceptors (Lipinski definition) is 0. The van der Waals surface area contributed by atoms with Crippen LogP contribution in [-0.4, -0.2) is 11.4 Å². The minimum atomic E-state index is -2.32. The van der Waals surface area contributed by atoms with Crippen LogP contribution in [0.1, 0.15) is 52.4 Å². The zero-order valence-corrected chi connectivity index (χ0v) is 12.5. The second-order valence-electron chi connectivity index (χ2n) is 3.77. The van der Waals surface area contributed by atoms with E-state index in [4.69, 9.17) is 20.0 Å². The Hall–Kier alpha value is 1.12. The van der Waals surface area contributed by atoms with Crippen molar-refractivity contribution in [3.8, 4) is 0 Å². The first-order valence-electron chi connectivity index (χ1n) is 5.50. The first kappa shape index (κ1) is 14.1. The van der Waals surface area contributed by atoms with Crippen molar-refractivity contribution >= 4 is 31.4 Å². The summed E-state index contributed by atoms with van der Waals surface area (Å²) in [6.45, 7) is 4.43. The van der Waals surface area contributed by atoms with Crippen molar-refractivity contribution in [3.05, 3.63) is 0 Å². The van der Waals surface area contributed by atoms with Crippen LogP contribution in [0.4, 0.5) is 0 Å². The topological polar surface area (TPSA) is 0 Å². The Morgan fingerprint density at radius 2 is 1.15 bits per heavy atom. The summed E-state index contributed by atoms with van der Waals surface area (Å²) >= 11 is -2.32. The molecular weight excluding hydrogens is 264 g/mol. The van der Waals surface area contributed by atoms with Crippen LogP contribution in [0.25, 0.3) is 0 Å². The van der Waals surface area contributed by atoms with Gasteiger partial charge in [-0.25, -0.2) is 0 Å². The van der Waals surface area contributed by atoms with Gasteiger partial charge in [0.15, 0.2) is 0 Å². The van der Waals surface area contributed by atoms with Crippen LogP contribution in [0.3, 0.4) is 0 Å². The van der Waals surface area contributed by atoms with Crippen molar-refractivity contribution < 1.29 is 0 Å². The van der Waals surface area contributed by atoms with Gasteiger partial charge in [-0.3, -0.25) is 0 Å². The van der Waals surface area contributed by atoms with Crippen LogP contribution in [-0.2, 0) is 0 Å². The van der Waals surface area contributed by atoms with E-state index in [1.807, 2.05) is 0 Å². The van der Waals surface area contributed by atoms with Gasteiger partial charge in [-0.05, 0) is 0 Å². The van der Waals surface area contributed by atoms with Crippen LogP contribution < -0.4 is 0 Å². The molecule has 0 saturated heterocycles. The second-order valence-corrected chi connectivity index (χ2v) is 18.0. The Morgan fingerprint density at radius 1 is 0.769 bits per heavy atom. The van der Waals surface area contributed by atoms with E-state index in [9.17, 15) is 0 Å². The van der Waals surface area contributed by atoms with Gasteiger partial charge in [0.25, 0.3) is 0 Å². The minimum absolute atomic E-state index is 1.14. The molecule has 0 spiro atoms. The van der Waals surface area contributed by atoms with Crippen molar-refractivity contribution in [2.45, 2.75) is 62.9 Å². The van der Waals surface area contributed by atoms with Crippen LogP contribution in [0.5, 0.6) is 0 Å². The molecule has 0 bridgehead atoms. The van der Waals surface area contributed by atoms with Crippen LogP contribution in [0.15, 0.2) is 0 Å². The second kappa shape index (κ2) is 8.43. The molecule has 0 heterocycles. The standard InChI is InChI=1S/C10H22Cl2Ge/c1-3-5-7-9-13(11,12)10-8-6-4-2/h3-10H2,1-2H3. The number of unbranched alkanes of at least 4 members (excludes halogenated alkanes) is 4. The van der Waals surface area contributed by atoms with Crippen molar-refractivity contribution in [3.63, 3.8) is 0 Å². The molecule has 0 aromatic carbocycles. The fourth-order valence-electron chi connectivity index (χ4n) is 1.39. The molecule has 0 amide bonds. The third-order valence-corrected chi connectivity index (χ3v) is 10.8. The summed E-state index contributed by atoms with van der Waals surface area (Å²) in [5, 5.41) is 2.28. The molecule has 3 heteroatoms. The average molecular weight is 286 g/mol. The van der Waals surface area contributed by atoms with Gasteiger partial charge in [0.05, 0.1) is 0 Å². The monoisotopic (exact) mass is 286 g/mol. The summed E-state index contributed by atoms with van der Waals surface area (Å²) in [5.41, 5.74) is 0. The molecule has 0 aliphatic heterocycles. The molecule has 0 N–H and O–H groups in total. The summed E-state index contributed by atoms with van der Waals surface area (Å²) in [6.07, 6.45) is 7.60. The van der Waals surface area contributed by atoms with Gasteiger partial charge in [-0.2, -0.15) is 0 Å². The zero-order chi connectivity index (χ0) is 10.2. The van der Waals surface area contributed by atoms with Gasteiger partial charge in [0.2, 0.25) is 0 Å². The molecule has 0 saturated carbocycles. The van der Waals surface area contributed by atoms with E-state index in [1.165, 1.54) is 38.5 Å². The molecule has 13 heavy (non-hydrogen) atoms. The predicted molar refractivity (Wildman–Crippen MR) is 66.1 cm³/mol. The Bertz CT molecular complexity index is 103. The van der Waals surface area contributed by atoms with Gasteiger partial charge in [-0.1, -0.05) is 0 Å². The van der Waals surface area contributed by atoms with Crippen LogP contribution in [0.2, 0.25) is 10.5 Å². The Kier molecular flexibility index (Phi) is 9.16. The normalized spacial score (nSPS) is 12.0. The Morgan fingerprint density at radius 3 is 1.46 bits per heavy atom. The van der Waals surface area contributed by atoms with Crippen molar-refractivity contribution in [1.82, 2.24) is 0 Å². The van der Waals surface area contributed by atoms with Crippen LogP contribution in [0, 0.1) is 0 Å². The van der Waals surface area contributed by atoms with Crippen LogP contribution >= 0.6 is 20.0 Å². The van der Waals surface area contributed by atoms with E-state index < -0.39 is 11.4 Å². The SMILES string of the molecule is CCCC[CH2][Ge]([Cl])([Cl])[CH2]CCCC. The maximum atomic E-state index is 6.36. The van der Waals surface area contributed by atoms with E-state index >= 15 is 0 Å². The number of rotatable bonds is 8. The third kappa shape index (κ3) is 9.43. The molecule has 0 fully saturated rings. The summed E-state index contributed by atoms with van der Waals surface area (Å²) in [7, 11) is 12.7. The molecule has 0 rings (SSSR count). The Balaban J connectivity index is 3.42. The van der Waals surface area contributed by atoms with E-state index in [0.717, 1.165) is 10.5 Å². The van der Waals surface area contributed by atoms with Gasteiger partial charge in [-0.15, -0.1) is 0 Å². The molecule has 0 aliphatic rings. The van der Waals surface area contributed by atoms with Gasteiger partial charge < -0.3 is 0 Å². The van der Waals surface area contributed by atoms with Crippen molar-refractivity contribution in [1.29, 1.82) is 0 Å².